The Balaban J connectivity index is 2.26. The summed E-state index contributed by atoms with van der Waals surface area (Å²) in [6, 6.07) is 3.19. The Labute approximate surface area is 133 Å². The molecule has 0 aliphatic carbocycles. The summed E-state index contributed by atoms with van der Waals surface area (Å²) in [5.74, 6) is 0. The first-order chi connectivity index (χ1) is 9.85. The first-order valence-electron chi connectivity index (χ1n) is 6.31. The number of aromatic nitrogens is 2. The maximum absolute atomic E-state index is 12.5. The zero-order chi connectivity index (χ0) is 15.6. The van der Waals surface area contributed by atoms with Crippen LogP contribution in [-0.2, 0) is 16.6 Å². The second kappa shape index (κ2) is 6.45. The predicted octanol–water partition coefficient (Wildman–Crippen LogP) is 2.19. The third-order valence-corrected chi connectivity index (χ3v) is 5.92. The van der Waals surface area contributed by atoms with Gasteiger partial charge < -0.3 is 5.32 Å². The van der Waals surface area contributed by atoms with E-state index in [-0.39, 0.29) is 11.1 Å². The van der Waals surface area contributed by atoms with Gasteiger partial charge in [-0.3, -0.25) is 5.10 Å². The monoisotopic (exact) mass is 348 g/mol. The molecule has 0 bridgehead atoms. The number of halogens is 1. The fraction of sp³-hybridized carbons (Fsp3) is 0.417. The molecule has 0 spiro atoms. The quantitative estimate of drug-likeness (QED) is 0.746. The van der Waals surface area contributed by atoms with Gasteiger partial charge in [0.25, 0.3) is 10.0 Å². The predicted molar refractivity (Wildman–Crippen MR) is 84.2 cm³/mol. The summed E-state index contributed by atoms with van der Waals surface area (Å²) in [5.41, 5.74) is 1.37. The molecule has 1 unspecified atom stereocenters. The lowest BCUT2D eigenvalue weighted by Gasteiger charge is -2.12. The molecular formula is C12H17ClN4O2S2. The summed E-state index contributed by atoms with van der Waals surface area (Å²) >= 11 is 7.23. The fourth-order valence-corrected chi connectivity index (χ4v) is 4.50. The van der Waals surface area contributed by atoms with E-state index in [0.717, 1.165) is 10.6 Å². The Bertz CT molecular complexity index is 723. The van der Waals surface area contributed by atoms with Gasteiger partial charge in [-0.15, -0.1) is 11.3 Å². The number of rotatable bonds is 6. The van der Waals surface area contributed by atoms with Gasteiger partial charge in [0.2, 0.25) is 0 Å². The van der Waals surface area contributed by atoms with Crippen LogP contribution in [0.1, 0.15) is 29.1 Å². The maximum Gasteiger partial charge on any atom is 0.260 e. The molecule has 2 rings (SSSR count). The van der Waals surface area contributed by atoms with Gasteiger partial charge in [-0.2, -0.15) is 5.10 Å². The minimum atomic E-state index is -3.70. The highest BCUT2D eigenvalue weighted by atomic mass is 35.5. The molecule has 2 aromatic heterocycles. The number of nitrogens with zero attached hydrogens (tertiary/aromatic N) is 1. The third-order valence-electron chi connectivity index (χ3n) is 3.00. The van der Waals surface area contributed by atoms with Crippen LogP contribution in [0.3, 0.4) is 0 Å². The van der Waals surface area contributed by atoms with Crippen LogP contribution in [0.15, 0.2) is 17.2 Å². The number of nitrogens with one attached hydrogen (secondary N) is 3. The van der Waals surface area contributed by atoms with Crippen molar-refractivity contribution in [3.05, 3.63) is 32.6 Å². The second-order valence-corrected chi connectivity index (χ2v) is 8.02. The Morgan fingerprint density at radius 1 is 1.48 bits per heavy atom. The summed E-state index contributed by atoms with van der Waals surface area (Å²) < 4.78 is 28.2. The van der Waals surface area contributed by atoms with Crippen molar-refractivity contribution in [2.75, 3.05) is 7.05 Å². The molecule has 3 N–H and O–H groups in total. The van der Waals surface area contributed by atoms with Crippen molar-refractivity contribution in [2.45, 2.75) is 31.5 Å². The lowest BCUT2D eigenvalue weighted by Crippen LogP contribution is -2.28. The average molecular weight is 349 g/mol. The summed E-state index contributed by atoms with van der Waals surface area (Å²) in [6.07, 6.45) is 0. The summed E-state index contributed by atoms with van der Waals surface area (Å²) in [6.45, 7) is 4.00. The molecule has 0 saturated carbocycles. The molecule has 2 heterocycles. The molecule has 1 atom stereocenters. The zero-order valence-corrected chi connectivity index (χ0v) is 14.3. The summed E-state index contributed by atoms with van der Waals surface area (Å²) in [4.78, 5) is 0.853. The van der Waals surface area contributed by atoms with Crippen LogP contribution < -0.4 is 10.0 Å². The first-order valence-corrected chi connectivity index (χ1v) is 8.99. The molecule has 0 amide bonds. The smallest absolute Gasteiger partial charge is 0.260 e. The molecule has 9 heteroatoms. The van der Waals surface area contributed by atoms with Gasteiger partial charge in [0.15, 0.2) is 5.03 Å². The van der Waals surface area contributed by atoms with Crippen molar-refractivity contribution < 1.29 is 8.42 Å². The summed E-state index contributed by atoms with van der Waals surface area (Å²) in [7, 11) is -1.94. The molecule has 0 radical (unpaired) electrons. The van der Waals surface area contributed by atoms with Crippen molar-refractivity contribution in [3.63, 3.8) is 0 Å². The lowest BCUT2D eigenvalue weighted by molar-refractivity contribution is 0.562. The Morgan fingerprint density at radius 3 is 2.76 bits per heavy atom. The van der Waals surface area contributed by atoms with Gasteiger partial charge in [-0.05, 0) is 33.0 Å². The van der Waals surface area contributed by atoms with Gasteiger partial charge in [0.05, 0.1) is 10.4 Å². The van der Waals surface area contributed by atoms with Crippen molar-refractivity contribution in [3.8, 4) is 0 Å². The lowest BCUT2D eigenvalue weighted by atomic mass is 10.3. The zero-order valence-electron chi connectivity index (χ0n) is 11.9. The van der Waals surface area contributed by atoms with Crippen LogP contribution in [0.4, 0.5) is 0 Å². The first kappa shape index (κ1) is 16.4. The van der Waals surface area contributed by atoms with Crippen molar-refractivity contribution in [1.29, 1.82) is 0 Å². The van der Waals surface area contributed by atoms with Crippen molar-refractivity contribution in [1.82, 2.24) is 20.2 Å². The van der Waals surface area contributed by atoms with Crippen LogP contribution in [0, 0.1) is 6.92 Å². The number of H-pyrrole nitrogens is 1. The van der Waals surface area contributed by atoms with E-state index in [0.29, 0.717) is 16.4 Å². The number of hydrogen-bond donors (Lipinski definition) is 3. The van der Waals surface area contributed by atoms with Gasteiger partial charge in [0.1, 0.15) is 0 Å². The Hall–Kier alpha value is -0.930. The second-order valence-electron chi connectivity index (χ2n) is 4.65. The average Bonchev–Trinajstić information content (AvgIpc) is 2.97. The largest absolute Gasteiger partial charge is 0.316 e. The number of thiophene rings is 1. The van der Waals surface area contributed by atoms with Gasteiger partial charge in [-0.25, -0.2) is 13.1 Å². The van der Waals surface area contributed by atoms with Crippen LogP contribution >= 0.6 is 22.9 Å². The van der Waals surface area contributed by atoms with E-state index in [1.165, 1.54) is 11.3 Å². The third kappa shape index (κ3) is 3.64. The normalized spacial score (nSPS) is 13.5. The van der Waals surface area contributed by atoms with Crippen molar-refractivity contribution in [2.24, 2.45) is 0 Å². The maximum atomic E-state index is 12.5. The van der Waals surface area contributed by atoms with E-state index in [2.05, 4.69) is 20.2 Å². The Morgan fingerprint density at radius 2 is 2.19 bits per heavy atom. The SMILES string of the molecule is CNCc1c(S(=O)(=O)NC(C)c2ccc(Cl)s2)n[nH]c1C. The topological polar surface area (TPSA) is 86.9 Å². The molecule has 0 aliphatic heterocycles. The van der Waals surface area contributed by atoms with Crippen LogP contribution in [0.5, 0.6) is 0 Å². The standard InChI is InChI=1S/C12H17ClN4O2S2/c1-7-9(6-14-3)12(16-15-7)21(18,19)17-8(2)10-4-5-11(13)20-10/h4-5,8,14,17H,6H2,1-3H3,(H,15,16). The molecule has 21 heavy (non-hydrogen) atoms. The van der Waals surface area contributed by atoms with E-state index in [4.69, 9.17) is 11.6 Å². The molecule has 6 nitrogen and oxygen atoms in total. The van der Waals surface area contributed by atoms with Crippen LogP contribution in [-0.4, -0.2) is 25.7 Å². The highest BCUT2D eigenvalue weighted by Crippen LogP contribution is 2.28. The van der Waals surface area contributed by atoms with Crippen LogP contribution in [0.2, 0.25) is 4.34 Å². The number of hydrogen-bond acceptors (Lipinski definition) is 5. The molecular weight excluding hydrogens is 332 g/mol. The minimum absolute atomic E-state index is 0.0313. The van der Waals surface area contributed by atoms with Gasteiger partial charge in [0, 0.05) is 22.7 Å². The summed E-state index contributed by atoms with van der Waals surface area (Å²) in [5, 5.41) is 9.61. The molecule has 2 aromatic rings. The molecule has 0 aliphatic rings. The Kier molecular flexibility index (Phi) is 5.05. The highest BCUT2D eigenvalue weighted by Gasteiger charge is 2.26. The van der Waals surface area contributed by atoms with E-state index >= 15 is 0 Å². The highest BCUT2D eigenvalue weighted by molar-refractivity contribution is 7.89. The van der Waals surface area contributed by atoms with Crippen molar-refractivity contribution >= 4 is 33.0 Å². The van der Waals surface area contributed by atoms with E-state index in [1.807, 2.05) is 6.07 Å². The van der Waals surface area contributed by atoms with E-state index < -0.39 is 10.0 Å². The number of aromatic amines is 1. The molecule has 116 valence electrons. The fourth-order valence-electron chi connectivity index (χ4n) is 1.94. The number of aryl methyl sites for hydroxylation is 1. The number of sulfonamides is 1. The molecule has 0 saturated heterocycles. The van der Waals surface area contributed by atoms with E-state index in [1.54, 1.807) is 27.0 Å². The van der Waals surface area contributed by atoms with Gasteiger partial charge >= 0.3 is 0 Å². The molecule has 0 aromatic carbocycles. The minimum Gasteiger partial charge on any atom is -0.316 e. The van der Waals surface area contributed by atoms with Crippen LogP contribution in [0.25, 0.3) is 0 Å². The van der Waals surface area contributed by atoms with E-state index in [9.17, 15) is 8.42 Å². The molecule has 0 fully saturated rings. The van der Waals surface area contributed by atoms with Gasteiger partial charge in [-0.1, -0.05) is 11.6 Å².